The Kier molecular flexibility index (Phi) is 9.69. The van der Waals surface area contributed by atoms with Gasteiger partial charge in [-0.25, -0.2) is 13.5 Å². The van der Waals surface area contributed by atoms with Gasteiger partial charge < -0.3 is 24.5 Å². The van der Waals surface area contributed by atoms with Crippen LogP contribution >= 0.6 is 0 Å². The molecule has 1 aromatic carbocycles. The average Bonchev–Trinajstić information content (AvgIpc) is 3.22. The second kappa shape index (κ2) is 13.2. The predicted octanol–water partition coefficient (Wildman–Crippen LogP) is 4.00. The minimum atomic E-state index is -1.45. The SMILES string of the molecule is CCCOc1ccc(S(=O)N2CCC(CCO[N+](=O)[O-])CC2)cc1-c1nc2c(CCC)c(C=N)n(C)c2c(=O)[nH]1. The van der Waals surface area contributed by atoms with Gasteiger partial charge in [-0.3, -0.25) is 4.79 Å². The Morgan fingerprint density at radius 1 is 1.25 bits per heavy atom. The van der Waals surface area contributed by atoms with Gasteiger partial charge >= 0.3 is 0 Å². The number of nitrogens with one attached hydrogen (secondary N) is 2. The zero-order chi connectivity index (χ0) is 28.8. The van der Waals surface area contributed by atoms with E-state index in [1.165, 1.54) is 6.21 Å². The number of H-pyrrole nitrogens is 1. The molecule has 1 aliphatic heterocycles. The van der Waals surface area contributed by atoms with Crippen LogP contribution in [0, 0.1) is 21.4 Å². The Morgan fingerprint density at radius 3 is 2.65 bits per heavy atom. The summed E-state index contributed by atoms with van der Waals surface area (Å²) < 4.78 is 23.2. The van der Waals surface area contributed by atoms with Crippen LogP contribution in [-0.4, -0.2) is 60.7 Å². The number of benzene rings is 1. The van der Waals surface area contributed by atoms with Crippen LogP contribution in [0.1, 0.15) is 57.2 Å². The van der Waals surface area contributed by atoms with Gasteiger partial charge in [0.2, 0.25) is 0 Å². The van der Waals surface area contributed by atoms with E-state index in [-0.39, 0.29) is 18.1 Å². The third kappa shape index (κ3) is 6.25. The van der Waals surface area contributed by atoms with E-state index in [1.807, 2.05) is 18.2 Å². The molecule has 12 nitrogen and oxygen atoms in total. The van der Waals surface area contributed by atoms with Crippen LogP contribution in [-0.2, 0) is 29.3 Å². The highest BCUT2D eigenvalue weighted by Gasteiger charge is 2.26. The smallest absolute Gasteiger partial charge is 0.294 e. The van der Waals surface area contributed by atoms with Gasteiger partial charge in [-0.15, -0.1) is 10.1 Å². The summed E-state index contributed by atoms with van der Waals surface area (Å²) in [5.41, 5.74) is 2.70. The van der Waals surface area contributed by atoms with Crippen molar-refractivity contribution in [2.24, 2.45) is 13.0 Å². The summed E-state index contributed by atoms with van der Waals surface area (Å²) >= 11 is 0. The molecule has 2 N–H and O–H groups in total. The maximum Gasteiger partial charge on any atom is 0.294 e. The quantitative estimate of drug-likeness (QED) is 0.178. The van der Waals surface area contributed by atoms with Gasteiger partial charge in [0.15, 0.2) is 0 Å². The van der Waals surface area contributed by atoms with Crippen molar-refractivity contribution in [2.75, 3.05) is 26.3 Å². The number of hydrogen-bond acceptors (Lipinski definition) is 8. The Bertz CT molecular complexity index is 1460. The van der Waals surface area contributed by atoms with Crippen molar-refractivity contribution in [3.8, 4) is 17.1 Å². The Balaban J connectivity index is 1.67. The Hall–Kier alpha value is -3.58. The monoisotopic (exact) mass is 572 g/mol. The van der Waals surface area contributed by atoms with Gasteiger partial charge in [0.05, 0.1) is 29.4 Å². The topological polar surface area (TPSA) is 156 Å². The van der Waals surface area contributed by atoms with Gasteiger partial charge in [-0.1, -0.05) is 20.3 Å². The molecule has 13 heteroatoms. The van der Waals surface area contributed by atoms with Crippen molar-refractivity contribution >= 4 is 28.2 Å². The summed E-state index contributed by atoms with van der Waals surface area (Å²) in [6.45, 7) is 5.77. The number of aromatic amines is 1. The van der Waals surface area contributed by atoms with E-state index in [0.29, 0.717) is 71.3 Å². The maximum atomic E-state index is 13.6. The molecule has 2 aromatic heterocycles. The fourth-order valence-electron chi connectivity index (χ4n) is 5.19. The molecule has 3 heterocycles. The Labute approximate surface area is 234 Å². The molecule has 1 aliphatic rings. The van der Waals surface area contributed by atoms with Crippen molar-refractivity contribution in [1.29, 1.82) is 5.41 Å². The number of aromatic nitrogens is 3. The largest absolute Gasteiger partial charge is 0.493 e. The van der Waals surface area contributed by atoms with Crippen LogP contribution in [0.3, 0.4) is 0 Å². The van der Waals surface area contributed by atoms with E-state index >= 15 is 0 Å². The zero-order valence-corrected chi connectivity index (χ0v) is 23.9. The molecule has 4 rings (SSSR count). The summed E-state index contributed by atoms with van der Waals surface area (Å²) in [7, 11) is 0.308. The number of nitrogens with zero attached hydrogens (tertiary/aromatic N) is 4. The standard InChI is InChI=1S/C27H36N6O6S/c1-4-6-20-22(17-28)31(3)25-24(20)29-26(30-27(25)34)21-16-19(7-8-23(21)38-14-5-2)40(37)32-12-9-18(10-13-32)11-15-39-33(35)36/h7-8,16-18,28H,4-6,9-15H2,1-3H3,(H,29,30,34). The maximum absolute atomic E-state index is 13.6. The van der Waals surface area contributed by atoms with Gasteiger partial charge in [0.1, 0.15) is 33.6 Å². The van der Waals surface area contributed by atoms with Crippen molar-refractivity contribution < 1.29 is 18.9 Å². The molecular formula is C27H36N6O6S. The van der Waals surface area contributed by atoms with Gasteiger partial charge in [0, 0.05) is 31.9 Å². The van der Waals surface area contributed by atoms with Crippen LogP contribution in [0.15, 0.2) is 27.9 Å². The number of rotatable bonds is 13. The van der Waals surface area contributed by atoms with Crippen molar-refractivity contribution in [2.45, 2.75) is 57.3 Å². The normalized spacial score (nSPS) is 15.3. The first-order chi connectivity index (χ1) is 19.3. The highest BCUT2D eigenvalue weighted by atomic mass is 32.2. The van der Waals surface area contributed by atoms with E-state index in [4.69, 9.17) is 15.1 Å². The van der Waals surface area contributed by atoms with Crippen LogP contribution in [0.25, 0.3) is 22.4 Å². The molecule has 1 fully saturated rings. The molecule has 0 spiro atoms. The lowest BCUT2D eigenvalue weighted by atomic mass is 9.95. The third-order valence-corrected chi connectivity index (χ3v) is 8.72. The van der Waals surface area contributed by atoms with E-state index in [1.54, 1.807) is 29.8 Å². The summed E-state index contributed by atoms with van der Waals surface area (Å²) in [6.07, 6.45) is 5.69. The van der Waals surface area contributed by atoms with Crippen molar-refractivity contribution in [3.63, 3.8) is 0 Å². The molecule has 0 aliphatic carbocycles. The molecule has 216 valence electrons. The molecule has 40 heavy (non-hydrogen) atoms. The molecule has 1 saturated heterocycles. The fourth-order valence-corrected chi connectivity index (χ4v) is 6.43. The van der Waals surface area contributed by atoms with Crippen LogP contribution in [0.4, 0.5) is 0 Å². The molecule has 0 saturated carbocycles. The van der Waals surface area contributed by atoms with E-state index in [9.17, 15) is 19.1 Å². The molecule has 1 atom stereocenters. The average molecular weight is 573 g/mol. The van der Waals surface area contributed by atoms with Crippen LogP contribution in [0.5, 0.6) is 5.75 Å². The summed E-state index contributed by atoms with van der Waals surface area (Å²) in [5, 5.41) is 17.5. The molecule has 0 radical (unpaired) electrons. The molecule has 0 amide bonds. The lowest BCUT2D eigenvalue weighted by Gasteiger charge is -2.30. The van der Waals surface area contributed by atoms with Gasteiger partial charge in [-0.2, -0.15) is 0 Å². The number of piperidine rings is 1. The van der Waals surface area contributed by atoms with E-state index in [0.717, 1.165) is 31.2 Å². The van der Waals surface area contributed by atoms with Crippen LogP contribution < -0.4 is 10.3 Å². The van der Waals surface area contributed by atoms with E-state index in [2.05, 4.69) is 9.82 Å². The van der Waals surface area contributed by atoms with Crippen molar-refractivity contribution in [3.05, 3.63) is 49.9 Å². The number of aryl methyl sites for hydroxylation is 2. The molecule has 1 unspecified atom stereocenters. The lowest BCUT2D eigenvalue weighted by molar-refractivity contribution is -0.758. The Morgan fingerprint density at radius 2 is 2.00 bits per heavy atom. The highest BCUT2D eigenvalue weighted by Crippen LogP contribution is 2.33. The molecule has 0 bridgehead atoms. The molecule has 3 aromatic rings. The fraction of sp³-hybridized carbons (Fsp3) is 0.519. The minimum Gasteiger partial charge on any atom is -0.493 e. The summed E-state index contributed by atoms with van der Waals surface area (Å²) in [4.78, 5) is 36.4. The second-order valence-electron chi connectivity index (χ2n) is 9.90. The number of hydrogen-bond donors (Lipinski definition) is 2. The van der Waals surface area contributed by atoms with Crippen LogP contribution in [0.2, 0.25) is 0 Å². The minimum absolute atomic E-state index is 0.0710. The van der Waals surface area contributed by atoms with Gasteiger partial charge in [0.25, 0.3) is 10.6 Å². The molecular weight excluding hydrogens is 536 g/mol. The zero-order valence-electron chi connectivity index (χ0n) is 23.1. The highest BCUT2D eigenvalue weighted by molar-refractivity contribution is 7.82. The van der Waals surface area contributed by atoms with E-state index < -0.39 is 16.1 Å². The first-order valence-electron chi connectivity index (χ1n) is 13.6. The first-order valence-corrected chi connectivity index (χ1v) is 14.7. The number of ether oxygens (including phenoxy) is 1. The third-order valence-electron chi connectivity index (χ3n) is 7.22. The lowest BCUT2D eigenvalue weighted by Crippen LogP contribution is -2.35. The summed E-state index contributed by atoms with van der Waals surface area (Å²) in [6, 6.07) is 5.31. The number of fused-ring (bicyclic) bond motifs is 1. The predicted molar refractivity (Wildman–Crippen MR) is 153 cm³/mol. The first kappa shape index (κ1) is 29.4. The summed E-state index contributed by atoms with van der Waals surface area (Å²) in [5.74, 6) is 1.14. The van der Waals surface area contributed by atoms with Crippen molar-refractivity contribution in [1.82, 2.24) is 18.8 Å². The second-order valence-corrected chi connectivity index (χ2v) is 11.4. The van der Waals surface area contributed by atoms with Gasteiger partial charge in [-0.05, 0) is 56.2 Å².